The lowest BCUT2D eigenvalue weighted by molar-refractivity contribution is -0.384. The Hall–Kier alpha value is -2.78. The van der Waals surface area contributed by atoms with Gasteiger partial charge in [0.25, 0.3) is 11.6 Å². The minimum absolute atomic E-state index is 0.0265. The van der Waals surface area contributed by atoms with E-state index in [0.29, 0.717) is 18.8 Å². The van der Waals surface area contributed by atoms with E-state index in [1.54, 1.807) is 31.5 Å². The maximum Gasteiger partial charge on any atom is 0.271 e. The first kappa shape index (κ1) is 19.0. The van der Waals surface area contributed by atoms with Gasteiger partial charge in [-0.2, -0.15) is 5.10 Å². The van der Waals surface area contributed by atoms with Crippen molar-refractivity contribution in [3.05, 3.63) is 52.3 Å². The number of ether oxygens (including phenoxy) is 1. The van der Waals surface area contributed by atoms with E-state index in [1.807, 2.05) is 0 Å². The first-order valence-electron chi connectivity index (χ1n) is 8.81. The van der Waals surface area contributed by atoms with Gasteiger partial charge in [-0.15, -0.1) is 0 Å². The summed E-state index contributed by atoms with van der Waals surface area (Å²) in [6, 6.07) is 7.70. The van der Waals surface area contributed by atoms with E-state index in [1.165, 1.54) is 16.8 Å². The number of benzene rings is 1. The molecule has 0 unspecified atom stereocenters. The van der Waals surface area contributed by atoms with Crippen LogP contribution in [0.3, 0.4) is 0 Å². The van der Waals surface area contributed by atoms with Crippen molar-refractivity contribution < 1.29 is 14.5 Å². The third-order valence-corrected chi connectivity index (χ3v) is 4.87. The van der Waals surface area contributed by atoms with Crippen molar-refractivity contribution in [3.63, 3.8) is 0 Å². The summed E-state index contributed by atoms with van der Waals surface area (Å²) in [7, 11) is 1.67. The predicted octanol–water partition coefficient (Wildman–Crippen LogP) is 1.53. The van der Waals surface area contributed by atoms with Crippen LogP contribution in [-0.4, -0.2) is 54.0 Å². The van der Waals surface area contributed by atoms with Crippen LogP contribution in [0.2, 0.25) is 0 Å². The molecule has 0 atom stereocenters. The van der Waals surface area contributed by atoms with Crippen LogP contribution in [0.5, 0.6) is 0 Å². The molecule has 1 fully saturated rings. The van der Waals surface area contributed by atoms with Crippen LogP contribution in [0.1, 0.15) is 23.3 Å². The summed E-state index contributed by atoms with van der Waals surface area (Å²) in [5, 5.41) is 21.4. The number of nitrogens with zero attached hydrogens (tertiary/aromatic N) is 3. The number of non-ortho nitro benzene ring substituents is 1. The van der Waals surface area contributed by atoms with Crippen molar-refractivity contribution in [1.82, 2.24) is 20.4 Å². The molecule has 2 aromatic rings. The molecule has 9 heteroatoms. The molecule has 2 N–H and O–H groups in total. The number of nitro benzene ring substituents is 1. The SMILES string of the molecule is COCC1(CNC(=O)c2ccn(-c3cccc([N+](=O)[O-])c3)n2)CCNCC1. The number of amides is 1. The monoisotopic (exact) mass is 373 g/mol. The van der Waals surface area contributed by atoms with Gasteiger partial charge in [-0.3, -0.25) is 14.9 Å². The molecule has 3 rings (SSSR count). The second kappa shape index (κ2) is 8.28. The summed E-state index contributed by atoms with van der Waals surface area (Å²) in [5.74, 6) is -0.270. The van der Waals surface area contributed by atoms with E-state index in [9.17, 15) is 14.9 Å². The number of carbonyl (C=O) groups is 1. The van der Waals surface area contributed by atoms with Crippen LogP contribution >= 0.6 is 0 Å². The summed E-state index contributed by atoms with van der Waals surface area (Å²) >= 11 is 0. The van der Waals surface area contributed by atoms with Gasteiger partial charge in [-0.25, -0.2) is 4.68 Å². The first-order valence-corrected chi connectivity index (χ1v) is 8.81. The number of hydrogen-bond donors (Lipinski definition) is 2. The number of methoxy groups -OCH3 is 1. The molecular formula is C18H23N5O4. The number of aromatic nitrogens is 2. The molecule has 144 valence electrons. The fourth-order valence-corrected chi connectivity index (χ4v) is 3.33. The summed E-state index contributed by atoms with van der Waals surface area (Å²) in [5.41, 5.74) is 0.694. The lowest BCUT2D eigenvalue weighted by Gasteiger charge is -2.37. The van der Waals surface area contributed by atoms with Gasteiger partial charge in [0.2, 0.25) is 0 Å². The number of carbonyl (C=O) groups excluding carboxylic acids is 1. The summed E-state index contributed by atoms with van der Waals surface area (Å²) in [6.45, 7) is 2.92. The molecule has 0 aliphatic carbocycles. The summed E-state index contributed by atoms with van der Waals surface area (Å²) in [4.78, 5) is 23.0. The van der Waals surface area contributed by atoms with Gasteiger partial charge < -0.3 is 15.4 Å². The summed E-state index contributed by atoms with van der Waals surface area (Å²) in [6.07, 6.45) is 3.48. The normalized spacial score (nSPS) is 16.0. The molecule has 1 aromatic heterocycles. The van der Waals surface area contributed by atoms with Gasteiger partial charge >= 0.3 is 0 Å². The average molecular weight is 373 g/mol. The molecule has 1 aliphatic heterocycles. The minimum atomic E-state index is -0.463. The largest absolute Gasteiger partial charge is 0.384 e. The molecule has 9 nitrogen and oxygen atoms in total. The maximum atomic E-state index is 12.5. The highest BCUT2D eigenvalue weighted by molar-refractivity contribution is 5.92. The van der Waals surface area contributed by atoms with Gasteiger partial charge in [0.1, 0.15) is 0 Å². The van der Waals surface area contributed by atoms with Crippen molar-refractivity contribution in [2.75, 3.05) is 33.4 Å². The molecule has 1 amide bonds. The Balaban J connectivity index is 1.68. The number of hydrogen-bond acceptors (Lipinski definition) is 6. The van der Waals surface area contributed by atoms with E-state index in [0.717, 1.165) is 25.9 Å². The zero-order valence-corrected chi connectivity index (χ0v) is 15.2. The highest BCUT2D eigenvalue weighted by Crippen LogP contribution is 2.28. The van der Waals surface area contributed by atoms with E-state index in [4.69, 9.17) is 4.74 Å². The molecule has 0 bridgehead atoms. The first-order chi connectivity index (χ1) is 13.0. The molecule has 27 heavy (non-hydrogen) atoms. The van der Waals surface area contributed by atoms with Crippen LogP contribution in [0.25, 0.3) is 5.69 Å². The molecule has 0 saturated carbocycles. The van der Waals surface area contributed by atoms with Crippen LogP contribution in [0, 0.1) is 15.5 Å². The highest BCUT2D eigenvalue weighted by Gasteiger charge is 2.32. The van der Waals surface area contributed by atoms with Gasteiger partial charge in [-0.05, 0) is 38.1 Å². The Morgan fingerprint density at radius 1 is 1.41 bits per heavy atom. The van der Waals surface area contributed by atoms with Crippen LogP contribution in [-0.2, 0) is 4.74 Å². The van der Waals surface area contributed by atoms with Crippen molar-refractivity contribution in [3.8, 4) is 5.69 Å². The standard InChI is InChI=1S/C18H23N5O4/c1-27-13-18(6-8-19-9-7-18)12-20-17(24)16-5-10-22(21-16)14-3-2-4-15(11-14)23(25)26/h2-5,10-11,19H,6-9,12-13H2,1H3,(H,20,24). The molecule has 1 aliphatic rings. The number of piperidine rings is 1. The van der Waals surface area contributed by atoms with E-state index in [-0.39, 0.29) is 22.7 Å². The highest BCUT2D eigenvalue weighted by atomic mass is 16.6. The lowest BCUT2D eigenvalue weighted by atomic mass is 9.79. The fraction of sp³-hybridized carbons (Fsp3) is 0.444. The Morgan fingerprint density at radius 2 is 2.19 bits per heavy atom. The molecule has 1 saturated heterocycles. The number of nitrogens with one attached hydrogen (secondary N) is 2. The lowest BCUT2D eigenvalue weighted by Crippen LogP contribution is -2.47. The van der Waals surface area contributed by atoms with E-state index >= 15 is 0 Å². The van der Waals surface area contributed by atoms with Crippen molar-refractivity contribution in [2.24, 2.45) is 5.41 Å². The Kier molecular flexibility index (Phi) is 5.82. The average Bonchev–Trinajstić information content (AvgIpc) is 3.18. The van der Waals surface area contributed by atoms with Crippen molar-refractivity contribution in [2.45, 2.75) is 12.8 Å². The topological polar surface area (TPSA) is 111 Å². The molecule has 1 aromatic carbocycles. The summed E-state index contributed by atoms with van der Waals surface area (Å²) < 4.78 is 6.82. The van der Waals surface area contributed by atoms with Crippen molar-refractivity contribution >= 4 is 11.6 Å². The third kappa shape index (κ3) is 4.50. The second-order valence-corrected chi connectivity index (χ2v) is 6.79. The Bertz CT molecular complexity index is 808. The fourth-order valence-electron chi connectivity index (χ4n) is 3.33. The Labute approximate surface area is 156 Å². The molecule has 2 heterocycles. The molecule has 0 radical (unpaired) electrons. The van der Waals surface area contributed by atoms with Gasteiger partial charge in [0, 0.05) is 37.4 Å². The Morgan fingerprint density at radius 3 is 2.89 bits per heavy atom. The second-order valence-electron chi connectivity index (χ2n) is 6.79. The van der Waals surface area contributed by atoms with Gasteiger partial charge in [0.15, 0.2) is 5.69 Å². The van der Waals surface area contributed by atoms with E-state index in [2.05, 4.69) is 15.7 Å². The van der Waals surface area contributed by atoms with Gasteiger partial charge in [-0.1, -0.05) is 6.07 Å². The molecule has 0 spiro atoms. The van der Waals surface area contributed by atoms with E-state index < -0.39 is 4.92 Å². The third-order valence-electron chi connectivity index (χ3n) is 4.87. The zero-order valence-electron chi connectivity index (χ0n) is 15.2. The zero-order chi connectivity index (χ0) is 19.3. The predicted molar refractivity (Wildman–Crippen MR) is 99.0 cm³/mol. The van der Waals surface area contributed by atoms with Crippen LogP contribution in [0.4, 0.5) is 5.69 Å². The minimum Gasteiger partial charge on any atom is -0.384 e. The maximum absolute atomic E-state index is 12.5. The van der Waals surface area contributed by atoms with Crippen LogP contribution in [0.15, 0.2) is 36.5 Å². The number of rotatable bonds is 7. The number of nitro groups is 1. The smallest absolute Gasteiger partial charge is 0.271 e. The van der Waals surface area contributed by atoms with Gasteiger partial charge in [0.05, 0.1) is 17.2 Å². The van der Waals surface area contributed by atoms with Crippen LogP contribution < -0.4 is 10.6 Å². The quantitative estimate of drug-likeness (QED) is 0.562. The molecular weight excluding hydrogens is 350 g/mol. The van der Waals surface area contributed by atoms with Crippen molar-refractivity contribution in [1.29, 1.82) is 0 Å².